The minimum atomic E-state index is 0.0887. The molecule has 0 bridgehead atoms. The molecule has 1 aliphatic heterocycles. The van der Waals surface area contributed by atoms with Gasteiger partial charge in [-0.05, 0) is 24.7 Å². The maximum atomic E-state index is 12.6. The third kappa shape index (κ3) is 3.74. The lowest BCUT2D eigenvalue weighted by atomic mass is 10.1. The summed E-state index contributed by atoms with van der Waals surface area (Å²) in [5, 5.41) is 0. The summed E-state index contributed by atoms with van der Waals surface area (Å²) >= 11 is 0. The highest BCUT2D eigenvalue weighted by Gasteiger charge is 2.22. The first kappa shape index (κ1) is 15.8. The van der Waals surface area contributed by atoms with E-state index in [0.29, 0.717) is 12.2 Å². The summed E-state index contributed by atoms with van der Waals surface area (Å²) in [5.74, 6) is 0.843. The molecule has 0 N–H and O–H groups in total. The highest BCUT2D eigenvalue weighted by molar-refractivity contribution is 5.94. The van der Waals surface area contributed by atoms with Gasteiger partial charge in [-0.25, -0.2) is 0 Å². The van der Waals surface area contributed by atoms with E-state index in [2.05, 4.69) is 11.8 Å². The minimum Gasteiger partial charge on any atom is -0.496 e. The SMILES string of the molecule is CCN1CCN(C(=O)c2ccc(OC)c(COC)c2)CC1. The van der Waals surface area contributed by atoms with Gasteiger partial charge in [0, 0.05) is 44.4 Å². The van der Waals surface area contributed by atoms with Crippen LogP contribution >= 0.6 is 0 Å². The Morgan fingerprint density at radius 3 is 2.48 bits per heavy atom. The van der Waals surface area contributed by atoms with E-state index in [4.69, 9.17) is 9.47 Å². The second kappa shape index (κ2) is 7.43. The molecular formula is C16H24N2O3. The van der Waals surface area contributed by atoms with Crippen molar-refractivity contribution in [2.75, 3.05) is 46.9 Å². The van der Waals surface area contributed by atoms with Crippen LogP contribution in [-0.2, 0) is 11.3 Å². The number of benzene rings is 1. The Kier molecular flexibility index (Phi) is 5.59. The molecule has 0 atom stereocenters. The summed E-state index contributed by atoms with van der Waals surface area (Å²) in [6, 6.07) is 5.53. The first-order chi connectivity index (χ1) is 10.2. The third-order valence-electron chi connectivity index (χ3n) is 3.93. The Morgan fingerprint density at radius 1 is 1.19 bits per heavy atom. The van der Waals surface area contributed by atoms with Gasteiger partial charge in [-0.15, -0.1) is 0 Å². The fourth-order valence-electron chi connectivity index (χ4n) is 2.63. The summed E-state index contributed by atoms with van der Waals surface area (Å²) in [7, 11) is 3.26. The molecule has 1 heterocycles. The lowest BCUT2D eigenvalue weighted by molar-refractivity contribution is 0.0643. The molecule has 0 aromatic heterocycles. The quantitative estimate of drug-likeness (QED) is 0.827. The lowest BCUT2D eigenvalue weighted by Gasteiger charge is -2.34. The Labute approximate surface area is 126 Å². The number of likely N-dealkylation sites (N-methyl/N-ethyl adjacent to an activating group) is 1. The van der Waals surface area contributed by atoms with Gasteiger partial charge in [0.1, 0.15) is 5.75 Å². The smallest absolute Gasteiger partial charge is 0.253 e. The summed E-state index contributed by atoms with van der Waals surface area (Å²) in [6.07, 6.45) is 0. The van der Waals surface area contributed by atoms with Gasteiger partial charge in [0.15, 0.2) is 0 Å². The van der Waals surface area contributed by atoms with E-state index in [1.165, 1.54) is 0 Å². The van der Waals surface area contributed by atoms with Crippen LogP contribution in [0, 0.1) is 0 Å². The monoisotopic (exact) mass is 292 g/mol. The zero-order valence-corrected chi connectivity index (χ0v) is 13.1. The molecule has 1 fully saturated rings. The molecule has 21 heavy (non-hydrogen) atoms. The van der Waals surface area contributed by atoms with Gasteiger partial charge in [-0.3, -0.25) is 4.79 Å². The number of carbonyl (C=O) groups excluding carboxylic acids is 1. The van der Waals surface area contributed by atoms with Crippen LogP contribution in [0.25, 0.3) is 0 Å². The van der Waals surface area contributed by atoms with Crippen LogP contribution in [0.5, 0.6) is 5.75 Å². The third-order valence-corrected chi connectivity index (χ3v) is 3.93. The maximum absolute atomic E-state index is 12.6. The Bertz CT molecular complexity index is 482. The number of ether oxygens (including phenoxy) is 2. The summed E-state index contributed by atoms with van der Waals surface area (Å²) in [5.41, 5.74) is 1.60. The van der Waals surface area contributed by atoms with Crippen molar-refractivity contribution in [1.82, 2.24) is 9.80 Å². The van der Waals surface area contributed by atoms with Crippen LogP contribution in [0.15, 0.2) is 18.2 Å². The fraction of sp³-hybridized carbons (Fsp3) is 0.562. The van der Waals surface area contributed by atoms with Crippen LogP contribution in [0.1, 0.15) is 22.8 Å². The highest BCUT2D eigenvalue weighted by atomic mass is 16.5. The molecule has 0 radical (unpaired) electrons. The summed E-state index contributed by atoms with van der Waals surface area (Å²) in [4.78, 5) is 16.9. The van der Waals surface area contributed by atoms with E-state index < -0.39 is 0 Å². The Hall–Kier alpha value is -1.59. The molecule has 1 aromatic carbocycles. The zero-order valence-electron chi connectivity index (χ0n) is 13.1. The Morgan fingerprint density at radius 2 is 1.90 bits per heavy atom. The lowest BCUT2D eigenvalue weighted by Crippen LogP contribution is -2.48. The molecule has 1 saturated heterocycles. The molecule has 2 rings (SSSR count). The molecule has 5 nitrogen and oxygen atoms in total. The van der Waals surface area contributed by atoms with Crippen molar-refractivity contribution in [3.05, 3.63) is 29.3 Å². The zero-order chi connectivity index (χ0) is 15.2. The molecule has 1 aliphatic rings. The van der Waals surface area contributed by atoms with Crippen LogP contribution in [0.3, 0.4) is 0 Å². The maximum Gasteiger partial charge on any atom is 0.253 e. The first-order valence-electron chi connectivity index (χ1n) is 7.37. The molecule has 0 unspecified atom stereocenters. The van der Waals surface area contributed by atoms with Crippen LogP contribution in [-0.4, -0.2) is 62.7 Å². The average Bonchev–Trinajstić information content (AvgIpc) is 2.54. The molecule has 5 heteroatoms. The average molecular weight is 292 g/mol. The number of amides is 1. The van der Waals surface area contributed by atoms with Crippen molar-refractivity contribution in [3.8, 4) is 5.75 Å². The van der Waals surface area contributed by atoms with E-state index in [0.717, 1.165) is 44.0 Å². The van der Waals surface area contributed by atoms with E-state index >= 15 is 0 Å². The molecule has 0 aliphatic carbocycles. The molecule has 116 valence electrons. The van der Waals surface area contributed by atoms with Gasteiger partial charge < -0.3 is 19.3 Å². The molecular weight excluding hydrogens is 268 g/mol. The van der Waals surface area contributed by atoms with Gasteiger partial charge in [0.05, 0.1) is 13.7 Å². The Balaban J connectivity index is 2.10. The van der Waals surface area contributed by atoms with E-state index in [9.17, 15) is 4.79 Å². The van der Waals surface area contributed by atoms with Gasteiger partial charge >= 0.3 is 0 Å². The predicted molar refractivity (Wildman–Crippen MR) is 81.7 cm³/mol. The normalized spacial score (nSPS) is 16.0. The van der Waals surface area contributed by atoms with Crippen molar-refractivity contribution < 1.29 is 14.3 Å². The van der Waals surface area contributed by atoms with Crippen LogP contribution < -0.4 is 4.74 Å². The van der Waals surface area contributed by atoms with Crippen LogP contribution in [0.2, 0.25) is 0 Å². The summed E-state index contributed by atoms with van der Waals surface area (Å²) in [6.45, 7) is 7.11. The van der Waals surface area contributed by atoms with Gasteiger partial charge in [0.25, 0.3) is 5.91 Å². The molecule has 1 aromatic rings. The standard InChI is InChI=1S/C16H24N2O3/c1-4-17-7-9-18(10-8-17)16(19)13-5-6-15(21-3)14(11-13)12-20-2/h5-6,11H,4,7-10,12H2,1-3H3. The van der Waals surface area contributed by atoms with E-state index in [1.807, 2.05) is 23.1 Å². The van der Waals surface area contributed by atoms with E-state index in [-0.39, 0.29) is 5.91 Å². The van der Waals surface area contributed by atoms with Gasteiger partial charge in [0.2, 0.25) is 0 Å². The second-order valence-electron chi connectivity index (χ2n) is 5.19. The first-order valence-corrected chi connectivity index (χ1v) is 7.37. The van der Waals surface area contributed by atoms with Gasteiger partial charge in [-0.1, -0.05) is 6.92 Å². The van der Waals surface area contributed by atoms with Crippen molar-refractivity contribution in [2.45, 2.75) is 13.5 Å². The molecule has 0 spiro atoms. The molecule has 0 saturated carbocycles. The second-order valence-corrected chi connectivity index (χ2v) is 5.19. The van der Waals surface area contributed by atoms with Crippen molar-refractivity contribution in [2.24, 2.45) is 0 Å². The number of methoxy groups -OCH3 is 2. The molecule has 1 amide bonds. The number of hydrogen-bond donors (Lipinski definition) is 0. The van der Waals surface area contributed by atoms with Crippen molar-refractivity contribution in [3.63, 3.8) is 0 Å². The minimum absolute atomic E-state index is 0.0887. The fourth-order valence-corrected chi connectivity index (χ4v) is 2.63. The topological polar surface area (TPSA) is 42.0 Å². The number of carbonyl (C=O) groups is 1. The summed E-state index contributed by atoms with van der Waals surface area (Å²) < 4.78 is 10.5. The number of rotatable bonds is 5. The number of piperazine rings is 1. The van der Waals surface area contributed by atoms with Crippen LogP contribution in [0.4, 0.5) is 0 Å². The number of hydrogen-bond acceptors (Lipinski definition) is 4. The van der Waals surface area contributed by atoms with Gasteiger partial charge in [-0.2, -0.15) is 0 Å². The van der Waals surface area contributed by atoms with Crippen molar-refractivity contribution >= 4 is 5.91 Å². The number of nitrogens with zero attached hydrogens (tertiary/aromatic N) is 2. The predicted octanol–water partition coefficient (Wildman–Crippen LogP) is 1.62. The highest BCUT2D eigenvalue weighted by Crippen LogP contribution is 2.22. The van der Waals surface area contributed by atoms with E-state index in [1.54, 1.807) is 14.2 Å². The largest absolute Gasteiger partial charge is 0.496 e. The van der Waals surface area contributed by atoms with Crippen molar-refractivity contribution in [1.29, 1.82) is 0 Å².